The van der Waals surface area contributed by atoms with Crippen LogP contribution in [0.2, 0.25) is 5.02 Å². The van der Waals surface area contributed by atoms with Gasteiger partial charge in [0, 0.05) is 0 Å². The van der Waals surface area contributed by atoms with E-state index < -0.39 is 0 Å². The Labute approximate surface area is 109 Å². The van der Waals surface area contributed by atoms with Gasteiger partial charge in [-0.05, 0) is 35.4 Å². The number of aromatic hydroxyl groups is 1. The topological polar surface area (TPSA) is 61.1 Å². The summed E-state index contributed by atoms with van der Waals surface area (Å²) in [7, 11) is 0. The molecule has 2 rings (SSSR count). The number of hydrogen-bond acceptors (Lipinski definition) is 3. The Balaban J connectivity index is 2.56. The lowest BCUT2D eigenvalue weighted by atomic mass is 10.0. The molecule has 0 aromatic heterocycles. The minimum atomic E-state index is -0.0665. The van der Waals surface area contributed by atoms with Crippen LogP contribution in [0.3, 0.4) is 0 Å². The van der Waals surface area contributed by atoms with E-state index in [0.29, 0.717) is 16.9 Å². The van der Waals surface area contributed by atoms with Crippen molar-refractivity contribution in [2.45, 2.75) is 0 Å². The molecule has 4 heteroatoms. The van der Waals surface area contributed by atoms with E-state index in [1.165, 1.54) is 6.07 Å². The van der Waals surface area contributed by atoms with Gasteiger partial charge < -0.3 is 5.11 Å². The van der Waals surface area contributed by atoms with E-state index in [1.54, 1.807) is 30.3 Å². The van der Waals surface area contributed by atoms with Gasteiger partial charge in [0.15, 0.2) is 6.29 Å². The van der Waals surface area contributed by atoms with Crippen molar-refractivity contribution in [2.75, 3.05) is 0 Å². The predicted molar refractivity (Wildman–Crippen MR) is 68.7 cm³/mol. The molecule has 0 unspecified atom stereocenters. The number of phenols is 1. The summed E-state index contributed by atoms with van der Waals surface area (Å²) in [6.07, 6.45) is 0.583. The number of hydrogen-bond donors (Lipinski definition) is 1. The van der Waals surface area contributed by atoms with E-state index in [1.807, 2.05) is 6.07 Å². The van der Waals surface area contributed by atoms with Crippen molar-refractivity contribution < 1.29 is 9.90 Å². The predicted octanol–water partition coefficient (Wildman–Crippen LogP) is 3.40. The van der Waals surface area contributed by atoms with Gasteiger partial charge >= 0.3 is 0 Å². The lowest BCUT2D eigenvalue weighted by Crippen LogP contribution is -1.86. The highest BCUT2D eigenvalue weighted by Gasteiger charge is 2.06. The third kappa shape index (κ3) is 2.20. The molecule has 2 aromatic carbocycles. The van der Waals surface area contributed by atoms with Gasteiger partial charge in [0.05, 0.1) is 16.1 Å². The Morgan fingerprint density at radius 3 is 2.50 bits per heavy atom. The minimum absolute atomic E-state index is 0.0665. The van der Waals surface area contributed by atoms with Gasteiger partial charge in [-0.1, -0.05) is 23.7 Å². The first-order chi connectivity index (χ1) is 8.65. The standard InChI is InChI=1S/C14H8ClNO2/c15-13-3-1-9(5-11(13)7-16)10-2-4-14(18)12(6-10)8-17/h1-6,8,18H. The molecular weight excluding hydrogens is 250 g/mol. The zero-order valence-corrected chi connectivity index (χ0v) is 9.98. The van der Waals surface area contributed by atoms with Crippen LogP contribution in [-0.4, -0.2) is 11.4 Å². The Morgan fingerprint density at radius 1 is 1.17 bits per heavy atom. The molecule has 1 N–H and O–H groups in total. The smallest absolute Gasteiger partial charge is 0.153 e. The molecule has 2 aromatic rings. The molecule has 18 heavy (non-hydrogen) atoms. The monoisotopic (exact) mass is 257 g/mol. The van der Waals surface area contributed by atoms with E-state index >= 15 is 0 Å². The molecule has 0 fully saturated rings. The van der Waals surface area contributed by atoms with Gasteiger partial charge in [-0.15, -0.1) is 0 Å². The Kier molecular flexibility index (Phi) is 3.31. The van der Waals surface area contributed by atoms with Gasteiger partial charge in [-0.2, -0.15) is 5.26 Å². The van der Waals surface area contributed by atoms with E-state index in [4.69, 9.17) is 16.9 Å². The first-order valence-electron chi connectivity index (χ1n) is 5.14. The summed E-state index contributed by atoms with van der Waals surface area (Å²) >= 11 is 5.85. The molecule has 0 amide bonds. The summed E-state index contributed by atoms with van der Waals surface area (Å²) in [5.74, 6) is -0.0665. The Bertz CT molecular complexity index is 659. The molecule has 0 saturated heterocycles. The van der Waals surface area contributed by atoms with Crippen molar-refractivity contribution in [1.29, 1.82) is 5.26 Å². The molecule has 0 atom stereocenters. The zero-order valence-electron chi connectivity index (χ0n) is 9.22. The first-order valence-corrected chi connectivity index (χ1v) is 5.51. The number of carbonyl (C=O) groups excluding carboxylic acids is 1. The number of rotatable bonds is 2. The maximum Gasteiger partial charge on any atom is 0.153 e. The summed E-state index contributed by atoms with van der Waals surface area (Å²) in [6.45, 7) is 0. The normalized spacial score (nSPS) is 9.78. The number of phenolic OH excluding ortho intramolecular Hbond substituents is 1. The Hall–Kier alpha value is -2.31. The summed E-state index contributed by atoms with van der Waals surface area (Å²) in [5, 5.41) is 18.7. The molecule has 3 nitrogen and oxygen atoms in total. The van der Waals surface area contributed by atoms with Crippen LogP contribution < -0.4 is 0 Å². The van der Waals surface area contributed by atoms with Crippen molar-refractivity contribution in [3.05, 3.63) is 52.5 Å². The number of aldehydes is 1. The average molecular weight is 258 g/mol. The van der Waals surface area contributed by atoms with Crippen LogP contribution in [0.4, 0.5) is 0 Å². The van der Waals surface area contributed by atoms with Crippen molar-refractivity contribution in [1.82, 2.24) is 0 Å². The quantitative estimate of drug-likeness (QED) is 0.839. The summed E-state index contributed by atoms with van der Waals surface area (Å²) in [5.41, 5.74) is 2.08. The number of benzene rings is 2. The second-order valence-corrected chi connectivity index (χ2v) is 4.11. The van der Waals surface area contributed by atoms with Crippen LogP contribution in [0, 0.1) is 11.3 Å². The van der Waals surface area contributed by atoms with Gasteiger partial charge in [0.1, 0.15) is 11.8 Å². The van der Waals surface area contributed by atoms with Crippen LogP contribution in [0.25, 0.3) is 11.1 Å². The average Bonchev–Trinajstić information content (AvgIpc) is 2.40. The van der Waals surface area contributed by atoms with Gasteiger partial charge in [0.2, 0.25) is 0 Å². The van der Waals surface area contributed by atoms with E-state index in [-0.39, 0.29) is 11.3 Å². The molecule has 88 valence electrons. The van der Waals surface area contributed by atoms with Crippen LogP contribution in [0.15, 0.2) is 36.4 Å². The molecule has 0 saturated carbocycles. The largest absolute Gasteiger partial charge is 0.507 e. The fourth-order valence-corrected chi connectivity index (χ4v) is 1.78. The maximum absolute atomic E-state index is 10.8. The van der Waals surface area contributed by atoms with Crippen molar-refractivity contribution in [3.8, 4) is 22.9 Å². The molecule has 0 aliphatic heterocycles. The van der Waals surface area contributed by atoms with Gasteiger partial charge in [-0.25, -0.2) is 0 Å². The highest BCUT2D eigenvalue weighted by Crippen LogP contribution is 2.27. The number of halogens is 1. The van der Waals surface area contributed by atoms with Crippen molar-refractivity contribution >= 4 is 17.9 Å². The second kappa shape index (κ2) is 4.91. The maximum atomic E-state index is 10.8. The molecule has 0 aliphatic carbocycles. The van der Waals surface area contributed by atoms with E-state index in [2.05, 4.69) is 0 Å². The first kappa shape index (κ1) is 12.2. The molecule has 0 bridgehead atoms. The van der Waals surface area contributed by atoms with Gasteiger partial charge in [0.25, 0.3) is 0 Å². The highest BCUT2D eigenvalue weighted by atomic mass is 35.5. The third-order valence-corrected chi connectivity index (χ3v) is 2.90. The fraction of sp³-hybridized carbons (Fsp3) is 0. The molecule has 0 spiro atoms. The number of carbonyl (C=O) groups is 1. The van der Waals surface area contributed by atoms with Crippen molar-refractivity contribution in [2.24, 2.45) is 0 Å². The SMILES string of the molecule is N#Cc1cc(-c2ccc(O)c(C=O)c2)ccc1Cl. The van der Waals surface area contributed by atoms with Crippen LogP contribution in [0.1, 0.15) is 15.9 Å². The van der Waals surface area contributed by atoms with Crippen LogP contribution in [0.5, 0.6) is 5.75 Å². The molecule has 0 radical (unpaired) electrons. The fourth-order valence-electron chi connectivity index (χ4n) is 1.62. The minimum Gasteiger partial charge on any atom is -0.507 e. The van der Waals surface area contributed by atoms with E-state index in [0.717, 1.165) is 11.1 Å². The van der Waals surface area contributed by atoms with Gasteiger partial charge in [-0.3, -0.25) is 4.79 Å². The molecule has 0 aliphatic rings. The Morgan fingerprint density at radius 2 is 1.83 bits per heavy atom. The van der Waals surface area contributed by atoms with Crippen LogP contribution in [-0.2, 0) is 0 Å². The summed E-state index contributed by atoms with van der Waals surface area (Å²) in [4.78, 5) is 10.8. The van der Waals surface area contributed by atoms with Crippen molar-refractivity contribution in [3.63, 3.8) is 0 Å². The zero-order chi connectivity index (χ0) is 13.1. The lowest BCUT2D eigenvalue weighted by Gasteiger charge is -2.05. The van der Waals surface area contributed by atoms with Crippen LogP contribution >= 0.6 is 11.6 Å². The summed E-state index contributed by atoms with van der Waals surface area (Å²) in [6, 6.07) is 11.7. The second-order valence-electron chi connectivity index (χ2n) is 3.70. The number of nitrogens with zero attached hydrogens (tertiary/aromatic N) is 1. The number of nitriles is 1. The molecular formula is C14H8ClNO2. The summed E-state index contributed by atoms with van der Waals surface area (Å²) < 4.78 is 0. The lowest BCUT2D eigenvalue weighted by molar-refractivity contribution is 0.112. The highest BCUT2D eigenvalue weighted by molar-refractivity contribution is 6.31. The van der Waals surface area contributed by atoms with E-state index in [9.17, 15) is 9.90 Å². The third-order valence-electron chi connectivity index (χ3n) is 2.57. The molecule has 0 heterocycles.